The molecular weight excluding hydrogens is 733 g/mol. The first-order valence-electron chi connectivity index (χ1n) is 20.3. The Morgan fingerprint density at radius 3 is 0.983 bits per heavy atom. The minimum atomic E-state index is 0.841. The van der Waals surface area contributed by atoms with Crippen molar-refractivity contribution in [3.8, 4) is 56.4 Å². The third-order valence-electron chi connectivity index (χ3n) is 11.7. The van der Waals surface area contributed by atoms with E-state index in [2.05, 4.69) is 228 Å². The summed E-state index contributed by atoms with van der Waals surface area (Å²) < 4.78 is 13.3. The van der Waals surface area contributed by atoms with Gasteiger partial charge in [-0.05, 0) is 142 Å². The molecule has 0 atom stereocenters. The van der Waals surface area contributed by atoms with Gasteiger partial charge in [-0.15, -0.1) is 0 Å². The number of rotatable bonds is 7. The van der Waals surface area contributed by atoms with Gasteiger partial charge >= 0.3 is 0 Å². The molecule has 2 aliphatic rings. The Bertz CT molecular complexity index is 2960. The topological polar surface area (TPSA) is 24.9 Å². The maximum Gasteiger partial charge on any atom is 0.135 e. The SMILES string of the molecule is c1ccc(N(c2ccccc2)c2cc3c4c(cccc4c2)Oc2ccc(-c4ccc5c(c4)-c4cc(N(c6ccccc6)c6ccccc6)cc6cccc(c46)O5)cc2-3)cc1. The molecular formula is C56H36N2O2. The first-order chi connectivity index (χ1) is 29.7. The molecule has 0 radical (unpaired) electrons. The zero-order valence-electron chi connectivity index (χ0n) is 32.5. The van der Waals surface area contributed by atoms with Crippen molar-refractivity contribution in [2.75, 3.05) is 9.80 Å². The van der Waals surface area contributed by atoms with Gasteiger partial charge in [0.05, 0.1) is 0 Å². The minimum Gasteiger partial charge on any atom is -0.456 e. The zero-order valence-corrected chi connectivity index (χ0v) is 32.5. The molecule has 10 aromatic carbocycles. The van der Waals surface area contributed by atoms with Crippen LogP contribution in [0.15, 0.2) is 218 Å². The van der Waals surface area contributed by atoms with Crippen LogP contribution in [0.2, 0.25) is 0 Å². The molecule has 2 heterocycles. The van der Waals surface area contributed by atoms with Gasteiger partial charge in [-0.2, -0.15) is 0 Å². The molecule has 10 aromatic rings. The molecule has 0 aliphatic carbocycles. The van der Waals surface area contributed by atoms with E-state index < -0.39 is 0 Å². The van der Waals surface area contributed by atoms with Gasteiger partial charge in [-0.3, -0.25) is 0 Å². The van der Waals surface area contributed by atoms with Gasteiger partial charge in [0, 0.05) is 56.0 Å². The van der Waals surface area contributed by atoms with Crippen molar-refractivity contribution in [2.24, 2.45) is 0 Å². The normalized spacial score (nSPS) is 11.9. The second-order valence-corrected chi connectivity index (χ2v) is 15.3. The predicted octanol–water partition coefficient (Wildman–Crippen LogP) is 16.1. The second-order valence-electron chi connectivity index (χ2n) is 15.3. The Balaban J connectivity index is 1.01. The number of nitrogens with zero attached hydrogens (tertiary/aromatic N) is 2. The minimum absolute atomic E-state index is 0.841. The van der Waals surface area contributed by atoms with Crippen molar-refractivity contribution in [3.63, 3.8) is 0 Å². The number of benzene rings is 10. The summed E-state index contributed by atoms with van der Waals surface area (Å²) in [5.41, 5.74) is 13.2. The Hall–Kier alpha value is -8.08. The molecule has 0 fully saturated rings. The largest absolute Gasteiger partial charge is 0.456 e. The average Bonchev–Trinajstić information content (AvgIpc) is 3.31. The first kappa shape index (κ1) is 34.0. The Labute approximate surface area is 348 Å². The lowest BCUT2D eigenvalue weighted by atomic mass is 9.89. The molecule has 4 heteroatoms. The molecule has 0 saturated carbocycles. The third-order valence-corrected chi connectivity index (χ3v) is 11.7. The van der Waals surface area contributed by atoms with Gasteiger partial charge in [-0.1, -0.05) is 109 Å². The van der Waals surface area contributed by atoms with Gasteiger partial charge in [-0.25, -0.2) is 0 Å². The van der Waals surface area contributed by atoms with Gasteiger partial charge in [0.25, 0.3) is 0 Å². The van der Waals surface area contributed by atoms with Crippen LogP contribution in [-0.2, 0) is 0 Å². The van der Waals surface area contributed by atoms with E-state index in [4.69, 9.17) is 9.47 Å². The van der Waals surface area contributed by atoms with Crippen molar-refractivity contribution < 1.29 is 9.47 Å². The highest BCUT2D eigenvalue weighted by molar-refractivity contribution is 6.09. The maximum absolute atomic E-state index is 6.65. The molecule has 0 amide bonds. The van der Waals surface area contributed by atoms with Crippen molar-refractivity contribution >= 4 is 55.7 Å². The van der Waals surface area contributed by atoms with E-state index >= 15 is 0 Å². The second kappa shape index (κ2) is 13.8. The van der Waals surface area contributed by atoms with E-state index in [-0.39, 0.29) is 0 Å². The van der Waals surface area contributed by atoms with Crippen LogP contribution >= 0.6 is 0 Å². The average molecular weight is 769 g/mol. The quantitative estimate of drug-likeness (QED) is 0.161. The van der Waals surface area contributed by atoms with E-state index in [9.17, 15) is 0 Å². The summed E-state index contributed by atoms with van der Waals surface area (Å²) >= 11 is 0. The summed E-state index contributed by atoms with van der Waals surface area (Å²) in [4.78, 5) is 4.66. The van der Waals surface area contributed by atoms with Crippen molar-refractivity contribution in [3.05, 3.63) is 218 Å². The fraction of sp³-hybridized carbons (Fsp3) is 0. The van der Waals surface area contributed by atoms with E-state index in [0.717, 1.165) is 112 Å². The molecule has 0 aromatic heterocycles. The number of hydrogen-bond donors (Lipinski definition) is 0. The lowest BCUT2D eigenvalue weighted by Crippen LogP contribution is -2.10. The summed E-state index contributed by atoms with van der Waals surface area (Å²) in [7, 11) is 0. The number of hydrogen-bond acceptors (Lipinski definition) is 4. The van der Waals surface area contributed by atoms with E-state index in [1.807, 2.05) is 0 Å². The molecule has 4 nitrogen and oxygen atoms in total. The number of ether oxygens (including phenoxy) is 2. The summed E-state index contributed by atoms with van der Waals surface area (Å²) in [6.45, 7) is 0. The molecule has 0 spiro atoms. The standard InChI is InChI=1S/C56H36N2O2/c1-5-17-41(18-6-1)57(42-19-7-2-8-20-42)45-31-39-15-13-25-53-55(39)49(35-45)47-33-37(27-29-51(47)59-53)38-28-30-52-48(34-38)50-36-46(32-40-16-14-26-54(60-52)56(40)50)58(43-21-9-3-10-22-43)44-23-11-4-12-24-44/h1-36H. The van der Waals surface area contributed by atoms with Gasteiger partial charge in [0.15, 0.2) is 0 Å². The van der Waals surface area contributed by atoms with Crippen molar-refractivity contribution in [1.82, 2.24) is 0 Å². The fourth-order valence-corrected chi connectivity index (χ4v) is 9.07. The third kappa shape index (κ3) is 5.61. The number of fused-ring (bicyclic) bond motifs is 4. The van der Waals surface area contributed by atoms with E-state index in [0.29, 0.717) is 0 Å². The lowest BCUT2D eigenvalue weighted by Gasteiger charge is -2.29. The molecule has 2 aliphatic heterocycles. The highest BCUT2D eigenvalue weighted by atomic mass is 16.5. The Kier molecular flexibility index (Phi) is 7.82. The molecule has 12 rings (SSSR count). The molecule has 0 saturated heterocycles. The van der Waals surface area contributed by atoms with Crippen LogP contribution in [-0.4, -0.2) is 0 Å². The highest BCUT2D eigenvalue weighted by Crippen LogP contribution is 2.53. The smallest absolute Gasteiger partial charge is 0.135 e. The van der Waals surface area contributed by atoms with Gasteiger partial charge < -0.3 is 19.3 Å². The summed E-state index contributed by atoms with van der Waals surface area (Å²) in [6, 6.07) is 77.3. The van der Waals surface area contributed by atoms with Crippen LogP contribution in [0.25, 0.3) is 54.9 Å². The number of para-hydroxylation sites is 4. The van der Waals surface area contributed by atoms with Crippen LogP contribution in [0.1, 0.15) is 0 Å². The summed E-state index contributed by atoms with van der Waals surface area (Å²) in [5, 5.41) is 4.48. The zero-order chi connectivity index (χ0) is 39.6. The van der Waals surface area contributed by atoms with Crippen molar-refractivity contribution in [1.29, 1.82) is 0 Å². The molecule has 0 bridgehead atoms. The first-order valence-corrected chi connectivity index (χ1v) is 20.3. The molecule has 0 N–H and O–H groups in total. The molecule has 0 unspecified atom stereocenters. The summed E-state index contributed by atoms with van der Waals surface area (Å²) in [6.07, 6.45) is 0. The van der Waals surface area contributed by atoms with E-state index in [1.165, 1.54) is 0 Å². The lowest BCUT2D eigenvalue weighted by molar-refractivity contribution is 0.486. The van der Waals surface area contributed by atoms with Crippen LogP contribution in [0, 0.1) is 0 Å². The Morgan fingerprint density at radius 2 is 0.617 bits per heavy atom. The van der Waals surface area contributed by atoms with Crippen LogP contribution in [0.5, 0.6) is 23.0 Å². The summed E-state index contributed by atoms with van der Waals surface area (Å²) in [5.74, 6) is 3.42. The maximum atomic E-state index is 6.65. The number of anilines is 6. The molecule has 60 heavy (non-hydrogen) atoms. The van der Waals surface area contributed by atoms with Gasteiger partial charge in [0.2, 0.25) is 0 Å². The van der Waals surface area contributed by atoms with Gasteiger partial charge in [0.1, 0.15) is 23.0 Å². The monoisotopic (exact) mass is 768 g/mol. The van der Waals surface area contributed by atoms with Crippen LogP contribution in [0.4, 0.5) is 34.1 Å². The molecule has 282 valence electrons. The van der Waals surface area contributed by atoms with Crippen molar-refractivity contribution in [2.45, 2.75) is 0 Å². The highest BCUT2D eigenvalue weighted by Gasteiger charge is 2.26. The predicted molar refractivity (Wildman–Crippen MR) is 247 cm³/mol. The van der Waals surface area contributed by atoms with Crippen LogP contribution in [0.3, 0.4) is 0 Å². The van der Waals surface area contributed by atoms with E-state index in [1.54, 1.807) is 0 Å². The fourth-order valence-electron chi connectivity index (χ4n) is 9.07. The Morgan fingerprint density at radius 1 is 0.250 bits per heavy atom. The van der Waals surface area contributed by atoms with Crippen LogP contribution < -0.4 is 19.3 Å².